The fraction of sp³-hybridized carbons (Fsp3) is 0.125. The van der Waals surface area contributed by atoms with Crippen molar-refractivity contribution in [2.24, 2.45) is 0 Å². The summed E-state index contributed by atoms with van der Waals surface area (Å²) >= 11 is 6.25. The molecule has 0 saturated carbocycles. The van der Waals surface area contributed by atoms with Crippen LogP contribution < -0.4 is 0 Å². The zero-order chi connectivity index (χ0) is 13.2. The molecule has 0 aromatic heterocycles. The molecule has 0 aliphatic carbocycles. The fourth-order valence-corrected chi connectivity index (χ4v) is 2.49. The minimum absolute atomic E-state index is 0.0453. The predicted molar refractivity (Wildman–Crippen MR) is 77.5 cm³/mol. The highest BCUT2D eigenvalue weighted by molar-refractivity contribution is 6.31. The van der Waals surface area contributed by atoms with Gasteiger partial charge >= 0.3 is 0 Å². The maximum absolute atomic E-state index is 6.25. The molecule has 1 aliphatic rings. The Morgan fingerprint density at radius 3 is 2.42 bits per heavy atom. The number of benzene rings is 2. The number of hydrogen-bond acceptors (Lipinski definition) is 2. The molecule has 0 spiro atoms. The molecule has 2 aromatic carbocycles. The van der Waals surface area contributed by atoms with Gasteiger partial charge in [0.2, 0.25) is 0 Å². The number of nitrogens with zero attached hydrogens (tertiary/aromatic N) is 1. The Hall–Kier alpha value is -1.77. The first-order chi connectivity index (χ1) is 9.25. The molecule has 2 aromatic rings. The average molecular weight is 272 g/mol. The van der Waals surface area contributed by atoms with Gasteiger partial charge in [-0.2, -0.15) is 0 Å². The van der Waals surface area contributed by atoms with Gasteiger partial charge < -0.3 is 4.84 Å². The molecule has 0 fully saturated rings. The van der Waals surface area contributed by atoms with Crippen LogP contribution in [0.1, 0.15) is 17.2 Å². The average Bonchev–Trinajstić information content (AvgIpc) is 2.82. The number of likely N-dealkylation sites (N-methyl/N-ethyl adjacent to an activating group) is 1. The summed E-state index contributed by atoms with van der Waals surface area (Å²) in [7, 11) is 1.92. The third-order valence-electron chi connectivity index (χ3n) is 3.23. The largest absolute Gasteiger partial charge is 0.405 e. The van der Waals surface area contributed by atoms with E-state index in [1.54, 1.807) is 0 Å². The van der Waals surface area contributed by atoms with Crippen LogP contribution in [0.15, 0.2) is 60.7 Å². The number of hydroxylamine groups is 2. The number of halogens is 1. The van der Waals surface area contributed by atoms with Crippen LogP contribution in [-0.2, 0) is 4.84 Å². The minimum Gasteiger partial charge on any atom is -0.405 e. The molecule has 0 saturated heterocycles. The van der Waals surface area contributed by atoms with Crippen molar-refractivity contribution in [2.75, 3.05) is 7.05 Å². The second-order valence-corrected chi connectivity index (χ2v) is 4.91. The Balaban J connectivity index is 1.96. The summed E-state index contributed by atoms with van der Waals surface area (Å²) in [5.41, 5.74) is 2.13. The smallest absolute Gasteiger partial charge is 0.152 e. The molecule has 96 valence electrons. The van der Waals surface area contributed by atoms with Gasteiger partial charge in [0.15, 0.2) is 5.76 Å². The highest BCUT2D eigenvalue weighted by Crippen LogP contribution is 2.36. The first-order valence-corrected chi connectivity index (χ1v) is 6.56. The molecule has 0 amide bonds. The van der Waals surface area contributed by atoms with E-state index in [1.807, 2.05) is 66.7 Å². The van der Waals surface area contributed by atoms with Crippen LogP contribution in [0, 0.1) is 0 Å². The molecule has 1 aliphatic heterocycles. The molecule has 0 radical (unpaired) electrons. The summed E-state index contributed by atoms with van der Waals surface area (Å²) in [4.78, 5) is 5.81. The third-order valence-corrected chi connectivity index (χ3v) is 3.57. The monoisotopic (exact) mass is 271 g/mol. The molecule has 1 unspecified atom stereocenters. The Bertz CT molecular complexity index is 609. The van der Waals surface area contributed by atoms with Crippen LogP contribution in [0.25, 0.3) is 5.76 Å². The summed E-state index contributed by atoms with van der Waals surface area (Å²) in [6.07, 6.45) is 2.09. The lowest BCUT2D eigenvalue weighted by Gasteiger charge is -2.19. The van der Waals surface area contributed by atoms with Gasteiger partial charge in [0, 0.05) is 17.6 Å². The van der Waals surface area contributed by atoms with Gasteiger partial charge in [-0.1, -0.05) is 60.1 Å². The van der Waals surface area contributed by atoms with E-state index in [4.69, 9.17) is 16.4 Å². The van der Waals surface area contributed by atoms with E-state index in [2.05, 4.69) is 6.08 Å². The Kier molecular flexibility index (Phi) is 3.28. The lowest BCUT2D eigenvalue weighted by atomic mass is 10.1. The topological polar surface area (TPSA) is 12.5 Å². The molecular formula is C16H14ClNO. The second-order valence-electron chi connectivity index (χ2n) is 4.50. The van der Waals surface area contributed by atoms with Gasteiger partial charge in [-0.05, 0) is 17.7 Å². The summed E-state index contributed by atoms with van der Waals surface area (Å²) in [6.45, 7) is 0. The number of hydrogen-bond donors (Lipinski definition) is 0. The highest BCUT2D eigenvalue weighted by atomic mass is 35.5. The molecule has 2 nitrogen and oxygen atoms in total. The lowest BCUT2D eigenvalue weighted by Crippen LogP contribution is -2.17. The van der Waals surface area contributed by atoms with Gasteiger partial charge in [0.1, 0.15) is 0 Å². The molecular weight excluding hydrogens is 258 g/mol. The van der Waals surface area contributed by atoms with Crippen LogP contribution in [0.3, 0.4) is 0 Å². The molecule has 3 rings (SSSR count). The van der Waals surface area contributed by atoms with Gasteiger partial charge in [0.05, 0.1) is 6.04 Å². The van der Waals surface area contributed by atoms with E-state index in [0.29, 0.717) is 0 Å². The molecule has 0 N–H and O–H groups in total. The van der Waals surface area contributed by atoms with E-state index in [0.717, 1.165) is 21.9 Å². The maximum atomic E-state index is 6.25. The van der Waals surface area contributed by atoms with E-state index in [-0.39, 0.29) is 6.04 Å². The van der Waals surface area contributed by atoms with E-state index in [1.165, 1.54) is 0 Å². The van der Waals surface area contributed by atoms with Crippen molar-refractivity contribution < 1.29 is 4.84 Å². The zero-order valence-electron chi connectivity index (χ0n) is 10.6. The van der Waals surface area contributed by atoms with Gasteiger partial charge in [0.25, 0.3) is 0 Å². The maximum Gasteiger partial charge on any atom is 0.152 e. The van der Waals surface area contributed by atoms with E-state index in [9.17, 15) is 0 Å². The summed E-state index contributed by atoms with van der Waals surface area (Å²) < 4.78 is 0. The zero-order valence-corrected chi connectivity index (χ0v) is 11.3. The van der Waals surface area contributed by atoms with Crippen molar-refractivity contribution in [3.63, 3.8) is 0 Å². The van der Waals surface area contributed by atoms with Crippen molar-refractivity contribution in [3.05, 3.63) is 76.8 Å². The first-order valence-electron chi connectivity index (χ1n) is 6.18. The van der Waals surface area contributed by atoms with E-state index < -0.39 is 0 Å². The summed E-state index contributed by atoms with van der Waals surface area (Å²) in [6, 6.07) is 18.0. The molecule has 3 heteroatoms. The normalized spacial score (nSPS) is 19.1. The van der Waals surface area contributed by atoms with Crippen molar-refractivity contribution in [1.82, 2.24) is 5.06 Å². The van der Waals surface area contributed by atoms with Crippen molar-refractivity contribution in [1.29, 1.82) is 0 Å². The quantitative estimate of drug-likeness (QED) is 0.807. The third kappa shape index (κ3) is 2.37. The van der Waals surface area contributed by atoms with Crippen molar-refractivity contribution >= 4 is 17.4 Å². The van der Waals surface area contributed by atoms with Gasteiger partial charge in [-0.15, -0.1) is 5.06 Å². The van der Waals surface area contributed by atoms with E-state index >= 15 is 0 Å². The first kappa shape index (κ1) is 12.3. The highest BCUT2D eigenvalue weighted by Gasteiger charge is 2.27. The fourth-order valence-electron chi connectivity index (χ4n) is 2.24. The lowest BCUT2D eigenvalue weighted by molar-refractivity contribution is -0.0663. The summed E-state index contributed by atoms with van der Waals surface area (Å²) in [5, 5.41) is 2.58. The van der Waals surface area contributed by atoms with Crippen molar-refractivity contribution in [2.45, 2.75) is 6.04 Å². The Morgan fingerprint density at radius 2 is 1.68 bits per heavy atom. The summed E-state index contributed by atoms with van der Waals surface area (Å²) in [5.74, 6) is 0.869. The van der Waals surface area contributed by atoms with Crippen LogP contribution in [-0.4, -0.2) is 12.1 Å². The van der Waals surface area contributed by atoms with Crippen LogP contribution >= 0.6 is 11.6 Å². The second kappa shape index (κ2) is 5.08. The minimum atomic E-state index is 0.0453. The Labute approximate surface area is 117 Å². The SMILES string of the molecule is CN1OC(c2ccccc2)=CC1c1ccccc1Cl. The van der Waals surface area contributed by atoms with Gasteiger partial charge in [-0.25, -0.2) is 0 Å². The van der Waals surface area contributed by atoms with Crippen LogP contribution in [0.4, 0.5) is 0 Å². The predicted octanol–water partition coefficient (Wildman–Crippen LogP) is 4.30. The molecule has 0 bridgehead atoms. The Morgan fingerprint density at radius 1 is 1.00 bits per heavy atom. The molecule has 1 atom stereocenters. The van der Waals surface area contributed by atoms with Crippen LogP contribution in [0.2, 0.25) is 5.02 Å². The standard InChI is InChI=1S/C16H14ClNO/c1-18-15(13-9-5-6-10-14(13)17)11-16(19-18)12-7-3-2-4-8-12/h2-11,15H,1H3. The van der Waals surface area contributed by atoms with Crippen molar-refractivity contribution in [3.8, 4) is 0 Å². The number of rotatable bonds is 2. The van der Waals surface area contributed by atoms with Crippen LogP contribution in [0.5, 0.6) is 0 Å². The molecule has 19 heavy (non-hydrogen) atoms. The van der Waals surface area contributed by atoms with Gasteiger partial charge in [-0.3, -0.25) is 0 Å². The molecule has 1 heterocycles.